The van der Waals surface area contributed by atoms with E-state index in [4.69, 9.17) is 0 Å². The molecule has 1 heterocycles. The third kappa shape index (κ3) is 4.19. The molecule has 0 spiro atoms. The molecular weight excluding hydrogens is 354 g/mol. The first-order valence-corrected chi connectivity index (χ1v) is 13.6. The van der Waals surface area contributed by atoms with Crippen LogP contribution in [0.25, 0.3) is 0 Å². The number of rotatable bonds is 5. The molecule has 0 amide bonds. The molecule has 1 aliphatic heterocycles. The topological polar surface area (TPSA) is 23.5 Å². The molecule has 8 unspecified atom stereocenters. The monoisotopic (exact) mass is 401 g/mol. The van der Waals surface area contributed by atoms with Crippen molar-refractivity contribution in [3.63, 3.8) is 0 Å². The van der Waals surface area contributed by atoms with Crippen molar-refractivity contribution in [2.24, 2.45) is 41.4 Å². The normalized spacial score (nSPS) is 47.6. The first-order chi connectivity index (χ1) is 14.3. The van der Waals surface area contributed by atoms with Crippen LogP contribution < -0.4 is 0 Å². The van der Waals surface area contributed by atoms with Crippen LogP contribution in [0.3, 0.4) is 0 Å². The van der Waals surface area contributed by atoms with Crippen molar-refractivity contribution in [1.29, 1.82) is 0 Å². The Bertz CT molecular complexity index is 535. The van der Waals surface area contributed by atoms with Crippen molar-refractivity contribution < 1.29 is 5.11 Å². The number of aliphatic hydroxyl groups excluding tert-OH is 1. The minimum absolute atomic E-state index is 0.396. The van der Waals surface area contributed by atoms with E-state index < -0.39 is 0 Å². The molecule has 4 fully saturated rings. The Balaban J connectivity index is 1.54. The summed E-state index contributed by atoms with van der Waals surface area (Å²) in [7, 11) is 0. The van der Waals surface area contributed by atoms with Crippen molar-refractivity contribution in [2.45, 2.75) is 115 Å². The van der Waals surface area contributed by atoms with Crippen LogP contribution in [0.5, 0.6) is 0 Å². The average Bonchev–Trinajstić information content (AvgIpc) is 2.72. The summed E-state index contributed by atoms with van der Waals surface area (Å²) in [4.78, 5) is 3.10. The van der Waals surface area contributed by atoms with E-state index in [0.717, 1.165) is 59.9 Å². The van der Waals surface area contributed by atoms with Crippen LogP contribution in [0.15, 0.2) is 0 Å². The van der Waals surface area contributed by atoms with Gasteiger partial charge in [0.05, 0.1) is 0 Å². The lowest BCUT2D eigenvalue weighted by atomic mass is 9.61. The van der Waals surface area contributed by atoms with Gasteiger partial charge in [0.1, 0.15) is 0 Å². The maximum Gasteiger partial charge on any atom is 0.0431 e. The van der Waals surface area contributed by atoms with Gasteiger partial charge in [0.25, 0.3) is 0 Å². The highest BCUT2D eigenvalue weighted by Crippen LogP contribution is 2.53. The third-order valence-corrected chi connectivity index (χ3v) is 10.4. The lowest BCUT2D eigenvalue weighted by molar-refractivity contribution is -0.0318. The second-order valence-corrected chi connectivity index (χ2v) is 11.9. The lowest BCUT2D eigenvalue weighted by Crippen LogP contribution is -2.56. The predicted molar refractivity (Wildman–Crippen MR) is 121 cm³/mol. The molecular formula is C27H47NO. The Hall–Kier alpha value is -0.0800. The first-order valence-electron chi connectivity index (χ1n) is 13.6. The Kier molecular flexibility index (Phi) is 6.59. The smallest absolute Gasteiger partial charge is 0.0431 e. The van der Waals surface area contributed by atoms with E-state index in [-0.39, 0.29) is 0 Å². The number of hydrogen-bond donors (Lipinski definition) is 1. The second kappa shape index (κ2) is 9.19. The van der Waals surface area contributed by atoms with Crippen molar-refractivity contribution in [1.82, 2.24) is 4.90 Å². The summed E-state index contributed by atoms with van der Waals surface area (Å²) < 4.78 is 0. The standard InChI is InChI=1S/C27H47NO/c1-2-12-28-26-11-10-22-17-25-14-19(5-4-13-29)15-27(28)23-7-3-6-20(25)16-21(22)8-9-24(26)18-23/h19-27,29H,2-18H2,1H3/t19-,20?,21?,22?,23?,24?,25?,26?,27?/m1/s1. The molecule has 29 heavy (non-hydrogen) atoms. The number of nitrogens with zero attached hydrogens (tertiary/aromatic N) is 1. The minimum atomic E-state index is 0.396. The van der Waals surface area contributed by atoms with Crippen LogP contribution >= 0.6 is 0 Å². The van der Waals surface area contributed by atoms with Gasteiger partial charge in [-0.05, 0) is 131 Å². The van der Waals surface area contributed by atoms with Crippen LogP contribution in [0.1, 0.15) is 103 Å². The number of piperidine rings is 1. The van der Waals surface area contributed by atoms with E-state index in [0.29, 0.717) is 6.61 Å². The zero-order valence-electron chi connectivity index (χ0n) is 19.1. The minimum Gasteiger partial charge on any atom is -0.396 e. The summed E-state index contributed by atoms with van der Waals surface area (Å²) >= 11 is 0. The zero-order valence-corrected chi connectivity index (χ0v) is 19.1. The van der Waals surface area contributed by atoms with Gasteiger partial charge in [-0.2, -0.15) is 0 Å². The van der Waals surface area contributed by atoms with E-state index >= 15 is 0 Å². The molecule has 3 saturated carbocycles. The van der Waals surface area contributed by atoms with E-state index in [9.17, 15) is 5.11 Å². The van der Waals surface area contributed by atoms with Gasteiger partial charge in [0.2, 0.25) is 0 Å². The van der Waals surface area contributed by atoms with Crippen molar-refractivity contribution >= 4 is 0 Å². The third-order valence-electron chi connectivity index (χ3n) is 10.4. The zero-order chi connectivity index (χ0) is 19.8. The van der Waals surface area contributed by atoms with Crippen LogP contribution in [0.4, 0.5) is 0 Å². The molecule has 2 heteroatoms. The van der Waals surface area contributed by atoms with E-state index in [1.54, 1.807) is 32.1 Å². The van der Waals surface area contributed by atoms with E-state index in [2.05, 4.69) is 11.8 Å². The van der Waals surface area contributed by atoms with Gasteiger partial charge in [0.15, 0.2) is 0 Å². The van der Waals surface area contributed by atoms with Gasteiger partial charge in [-0.3, -0.25) is 4.90 Å². The SMILES string of the molecule is CCCN1C2CCC3CC4C[C@@H](CCCO)CC1C1CCCC4CC3CCC2C1. The van der Waals surface area contributed by atoms with Gasteiger partial charge in [-0.25, -0.2) is 0 Å². The highest BCUT2D eigenvalue weighted by atomic mass is 16.2. The fraction of sp³-hybridized carbons (Fsp3) is 1.00. The van der Waals surface area contributed by atoms with Crippen molar-refractivity contribution in [2.75, 3.05) is 13.2 Å². The average molecular weight is 402 g/mol. The van der Waals surface area contributed by atoms with Gasteiger partial charge in [-0.15, -0.1) is 0 Å². The van der Waals surface area contributed by atoms with Gasteiger partial charge in [-0.1, -0.05) is 19.8 Å². The molecule has 0 aromatic rings. The number of hydrogen-bond acceptors (Lipinski definition) is 2. The van der Waals surface area contributed by atoms with Gasteiger partial charge in [0, 0.05) is 18.7 Å². The molecule has 0 radical (unpaired) electrons. The van der Waals surface area contributed by atoms with E-state index in [1.165, 1.54) is 64.3 Å². The summed E-state index contributed by atoms with van der Waals surface area (Å²) in [6, 6.07) is 1.75. The molecule has 1 saturated heterocycles. The summed E-state index contributed by atoms with van der Waals surface area (Å²) in [6.45, 7) is 4.15. The summed E-state index contributed by atoms with van der Waals surface area (Å²) in [5.41, 5.74) is 0. The fourth-order valence-electron chi connectivity index (χ4n) is 9.26. The molecule has 166 valence electrons. The predicted octanol–water partition coefficient (Wildman–Crippen LogP) is 6.27. The molecule has 2 nitrogen and oxygen atoms in total. The van der Waals surface area contributed by atoms with Crippen LogP contribution in [0.2, 0.25) is 0 Å². The second-order valence-electron chi connectivity index (χ2n) is 11.9. The van der Waals surface area contributed by atoms with Crippen LogP contribution in [0, 0.1) is 41.4 Å². The fourth-order valence-corrected chi connectivity index (χ4v) is 9.26. The van der Waals surface area contributed by atoms with Crippen molar-refractivity contribution in [3.05, 3.63) is 0 Å². The largest absolute Gasteiger partial charge is 0.396 e. The number of aliphatic hydroxyl groups is 1. The Labute approximate surface area is 180 Å². The highest BCUT2D eigenvalue weighted by Gasteiger charge is 2.48. The van der Waals surface area contributed by atoms with Crippen molar-refractivity contribution in [3.8, 4) is 0 Å². The first kappa shape index (κ1) is 20.8. The van der Waals surface area contributed by atoms with Crippen LogP contribution in [-0.2, 0) is 0 Å². The Morgan fingerprint density at radius 2 is 1.34 bits per heavy atom. The molecule has 1 N–H and O–H groups in total. The highest BCUT2D eigenvalue weighted by molar-refractivity contribution is 5.00. The quantitative estimate of drug-likeness (QED) is 0.587. The van der Waals surface area contributed by atoms with Gasteiger partial charge < -0.3 is 5.11 Å². The molecule has 3 aliphatic carbocycles. The summed E-state index contributed by atoms with van der Waals surface area (Å²) in [6.07, 6.45) is 22.0. The van der Waals surface area contributed by atoms with E-state index in [1.807, 2.05) is 0 Å². The molecule has 4 aliphatic rings. The van der Waals surface area contributed by atoms with Gasteiger partial charge >= 0.3 is 0 Å². The summed E-state index contributed by atoms with van der Waals surface area (Å²) in [5, 5.41) is 9.59. The maximum absolute atomic E-state index is 9.59. The molecule has 9 atom stereocenters. The molecule has 0 aromatic heterocycles. The number of likely N-dealkylation sites (tertiary alicyclic amines) is 1. The Morgan fingerprint density at radius 3 is 2.17 bits per heavy atom. The molecule has 0 aromatic carbocycles. The maximum atomic E-state index is 9.59. The molecule has 0 bridgehead atoms. The summed E-state index contributed by atoms with van der Waals surface area (Å²) in [5.74, 6) is 6.96. The molecule has 4 rings (SSSR count). The Morgan fingerprint density at radius 1 is 0.690 bits per heavy atom. The lowest BCUT2D eigenvalue weighted by Gasteiger charge is -2.53. The number of fused-ring (bicyclic) bond motifs is 4. The van der Waals surface area contributed by atoms with Crippen LogP contribution in [-0.4, -0.2) is 35.2 Å².